The number of nitrogens with zero attached hydrogens (tertiary/aromatic N) is 2. The van der Waals surface area contributed by atoms with E-state index in [9.17, 15) is 4.79 Å². The second kappa shape index (κ2) is 4.92. The molecule has 20 heavy (non-hydrogen) atoms. The van der Waals surface area contributed by atoms with Gasteiger partial charge in [-0.2, -0.15) is 0 Å². The summed E-state index contributed by atoms with van der Waals surface area (Å²) < 4.78 is 10.6. The Morgan fingerprint density at radius 3 is 3.05 bits per heavy atom. The van der Waals surface area contributed by atoms with Crippen molar-refractivity contribution in [3.63, 3.8) is 0 Å². The van der Waals surface area contributed by atoms with Gasteiger partial charge in [0.1, 0.15) is 5.84 Å². The van der Waals surface area contributed by atoms with E-state index >= 15 is 0 Å². The first kappa shape index (κ1) is 12.6. The van der Waals surface area contributed by atoms with Crippen molar-refractivity contribution in [1.29, 1.82) is 0 Å². The van der Waals surface area contributed by atoms with Crippen LogP contribution < -0.4 is 15.2 Å². The van der Waals surface area contributed by atoms with Crippen molar-refractivity contribution in [3.05, 3.63) is 23.8 Å². The number of amides is 1. The average Bonchev–Trinajstić information content (AvgIpc) is 3.05. The van der Waals surface area contributed by atoms with E-state index < -0.39 is 0 Å². The summed E-state index contributed by atoms with van der Waals surface area (Å²) in [6.45, 7) is 1.17. The molecule has 1 saturated heterocycles. The molecule has 1 atom stereocenters. The molecule has 1 unspecified atom stereocenters. The van der Waals surface area contributed by atoms with Gasteiger partial charge in [0, 0.05) is 25.4 Å². The van der Waals surface area contributed by atoms with Crippen LogP contribution in [0.3, 0.4) is 0 Å². The maximum absolute atomic E-state index is 11.9. The molecule has 2 aliphatic heterocycles. The Kier molecular flexibility index (Phi) is 3.09. The predicted molar refractivity (Wildman–Crippen MR) is 69.5 cm³/mol. The largest absolute Gasteiger partial charge is 0.454 e. The molecule has 3 N–H and O–H groups in total. The molecule has 1 aromatic carbocycles. The maximum Gasteiger partial charge on any atom is 0.231 e. The standard InChI is InChI=1S/C13H15N3O4/c14-13(15-18)9-4-12(17)16(6-9)5-8-1-2-10-11(3-8)20-7-19-10/h1-3,9,18H,4-7H2,(H2,14,15). The summed E-state index contributed by atoms with van der Waals surface area (Å²) in [5, 5.41) is 11.6. The number of nitrogens with two attached hydrogens (primary N) is 1. The van der Waals surface area contributed by atoms with E-state index in [1.165, 1.54) is 0 Å². The Hall–Kier alpha value is -2.44. The topological polar surface area (TPSA) is 97.4 Å². The zero-order chi connectivity index (χ0) is 14.1. The van der Waals surface area contributed by atoms with E-state index in [0.29, 0.717) is 18.8 Å². The molecule has 1 aromatic rings. The Bertz CT molecular complexity index is 573. The van der Waals surface area contributed by atoms with E-state index in [-0.39, 0.29) is 30.9 Å². The van der Waals surface area contributed by atoms with Crippen LogP contribution in [-0.4, -0.2) is 35.2 Å². The van der Waals surface area contributed by atoms with Gasteiger partial charge in [-0.15, -0.1) is 0 Å². The fraction of sp³-hybridized carbons (Fsp3) is 0.385. The van der Waals surface area contributed by atoms with Crippen LogP contribution in [-0.2, 0) is 11.3 Å². The molecule has 2 aliphatic rings. The molecule has 0 aliphatic carbocycles. The van der Waals surface area contributed by atoms with Crippen molar-refractivity contribution >= 4 is 11.7 Å². The second-order valence-electron chi connectivity index (χ2n) is 4.89. The Balaban J connectivity index is 1.70. The third-order valence-corrected chi connectivity index (χ3v) is 3.56. The van der Waals surface area contributed by atoms with Crippen LogP contribution in [0.5, 0.6) is 11.5 Å². The lowest BCUT2D eigenvalue weighted by Crippen LogP contribution is -2.28. The summed E-state index contributed by atoms with van der Waals surface area (Å²) in [6, 6.07) is 5.60. The smallest absolute Gasteiger partial charge is 0.231 e. The van der Waals surface area contributed by atoms with Crippen LogP contribution in [0.1, 0.15) is 12.0 Å². The molecule has 0 bridgehead atoms. The molecule has 1 fully saturated rings. The van der Waals surface area contributed by atoms with Gasteiger partial charge in [-0.1, -0.05) is 11.2 Å². The van der Waals surface area contributed by atoms with Crippen LogP contribution >= 0.6 is 0 Å². The van der Waals surface area contributed by atoms with Gasteiger partial charge in [0.25, 0.3) is 0 Å². The number of ether oxygens (including phenoxy) is 2. The van der Waals surface area contributed by atoms with E-state index in [1.807, 2.05) is 18.2 Å². The summed E-state index contributed by atoms with van der Waals surface area (Å²) >= 11 is 0. The van der Waals surface area contributed by atoms with E-state index in [1.54, 1.807) is 4.90 Å². The van der Waals surface area contributed by atoms with Gasteiger partial charge in [0.15, 0.2) is 11.5 Å². The summed E-state index contributed by atoms with van der Waals surface area (Å²) in [5.41, 5.74) is 6.52. The summed E-state index contributed by atoms with van der Waals surface area (Å²) in [6.07, 6.45) is 0.278. The number of likely N-dealkylation sites (tertiary alicyclic amines) is 1. The van der Waals surface area contributed by atoms with Crippen LogP contribution in [0.15, 0.2) is 23.4 Å². The van der Waals surface area contributed by atoms with Gasteiger partial charge >= 0.3 is 0 Å². The molecule has 0 saturated carbocycles. The number of carbonyl (C=O) groups excluding carboxylic acids is 1. The first-order chi connectivity index (χ1) is 9.67. The predicted octanol–water partition coefficient (Wildman–Crippen LogP) is 0.510. The van der Waals surface area contributed by atoms with Crippen LogP contribution in [0.25, 0.3) is 0 Å². The third kappa shape index (κ3) is 2.22. The van der Waals surface area contributed by atoms with E-state index in [4.69, 9.17) is 20.4 Å². The fourth-order valence-corrected chi connectivity index (χ4v) is 2.46. The molecule has 3 rings (SSSR count). The minimum atomic E-state index is -0.221. The molecule has 0 spiro atoms. The minimum absolute atomic E-state index is 0.000679. The highest BCUT2D eigenvalue weighted by Gasteiger charge is 2.32. The molecule has 7 heteroatoms. The minimum Gasteiger partial charge on any atom is -0.454 e. The zero-order valence-electron chi connectivity index (χ0n) is 10.8. The van der Waals surface area contributed by atoms with Crippen LogP contribution in [0.4, 0.5) is 0 Å². The number of benzene rings is 1. The van der Waals surface area contributed by atoms with Gasteiger partial charge < -0.3 is 25.3 Å². The molecule has 7 nitrogen and oxygen atoms in total. The van der Waals surface area contributed by atoms with Crippen molar-refractivity contribution in [2.24, 2.45) is 16.8 Å². The molecule has 1 amide bonds. The lowest BCUT2D eigenvalue weighted by molar-refractivity contribution is -0.128. The summed E-state index contributed by atoms with van der Waals surface area (Å²) in [7, 11) is 0. The molecule has 0 radical (unpaired) electrons. The number of oxime groups is 1. The van der Waals surface area contributed by atoms with Crippen LogP contribution in [0.2, 0.25) is 0 Å². The molecular weight excluding hydrogens is 262 g/mol. The van der Waals surface area contributed by atoms with Gasteiger partial charge in [-0.3, -0.25) is 4.79 Å². The van der Waals surface area contributed by atoms with Crippen molar-refractivity contribution in [2.75, 3.05) is 13.3 Å². The highest BCUT2D eigenvalue weighted by molar-refractivity contribution is 5.91. The first-order valence-corrected chi connectivity index (χ1v) is 6.31. The number of carbonyl (C=O) groups is 1. The number of fused-ring (bicyclic) bond motifs is 1. The van der Waals surface area contributed by atoms with Gasteiger partial charge in [-0.25, -0.2) is 0 Å². The highest BCUT2D eigenvalue weighted by Crippen LogP contribution is 2.33. The quantitative estimate of drug-likeness (QED) is 0.363. The molecular formula is C13H15N3O4. The van der Waals surface area contributed by atoms with Crippen LogP contribution in [0, 0.1) is 5.92 Å². The summed E-state index contributed by atoms with van der Waals surface area (Å²) in [5.74, 6) is 1.30. The Labute approximate surface area is 115 Å². The van der Waals surface area contributed by atoms with Gasteiger partial charge in [0.2, 0.25) is 12.7 Å². The lowest BCUT2D eigenvalue weighted by Gasteiger charge is -2.16. The number of amidine groups is 1. The SMILES string of the molecule is NC(=NO)C1CC(=O)N(Cc2ccc3c(c2)OCO3)C1. The maximum atomic E-state index is 11.9. The lowest BCUT2D eigenvalue weighted by atomic mass is 10.1. The highest BCUT2D eigenvalue weighted by atomic mass is 16.7. The van der Waals surface area contributed by atoms with Crippen molar-refractivity contribution in [1.82, 2.24) is 4.90 Å². The Morgan fingerprint density at radius 1 is 1.45 bits per heavy atom. The molecule has 106 valence electrons. The zero-order valence-corrected chi connectivity index (χ0v) is 10.8. The Morgan fingerprint density at radius 2 is 2.25 bits per heavy atom. The third-order valence-electron chi connectivity index (χ3n) is 3.56. The second-order valence-corrected chi connectivity index (χ2v) is 4.89. The molecule has 2 heterocycles. The average molecular weight is 277 g/mol. The van der Waals surface area contributed by atoms with E-state index in [2.05, 4.69) is 5.16 Å². The van der Waals surface area contributed by atoms with Crippen molar-refractivity contribution in [3.8, 4) is 11.5 Å². The number of hydrogen-bond acceptors (Lipinski definition) is 5. The number of rotatable bonds is 3. The molecule has 0 aromatic heterocycles. The van der Waals surface area contributed by atoms with Gasteiger partial charge in [0.05, 0.1) is 0 Å². The monoisotopic (exact) mass is 277 g/mol. The summed E-state index contributed by atoms with van der Waals surface area (Å²) in [4.78, 5) is 13.6. The van der Waals surface area contributed by atoms with Crippen molar-refractivity contribution in [2.45, 2.75) is 13.0 Å². The normalized spacial score (nSPS) is 21.6. The first-order valence-electron chi connectivity index (χ1n) is 6.31. The fourth-order valence-electron chi connectivity index (χ4n) is 2.46. The van der Waals surface area contributed by atoms with Gasteiger partial charge in [-0.05, 0) is 17.7 Å². The van der Waals surface area contributed by atoms with Crippen molar-refractivity contribution < 1.29 is 19.5 Å². The number of hydrogen-bond donors (Lipinski definition) is 2. The van der Waals surface area contributed by atoms with E-state index in [0.717, 1.165) is 11.3 Å².